The summed E-state index contributed by atoms with van der Waals surface area (Å²) in [5.41, 5.74) is 1.69. The lowest BCUT2D eigenvalue weighted by Crippen LogP contribution is -1.95. The van der Waals surface area contributed by atoms with Crippen LogP contribution >= 0.6 is 0 Å². The molecule has 0 saturated carbocycles. The Hall–Kier alpha value is -3.20. The largest absolute Gasteiger partial charge is 0.339 e. The number of carbonyl (C=O) groups is 1. The van der Waals surface area contributed by atoms with Gasteiger partial charge in [0.25, 0.3) is 0 Å². The molecule has 4 aromatic rings. The number of aromatic nitrogens is 1. The van der Waals surface area contributed by atoms with Crippen molar-refractivity contribution in [1.82, 2.24) is 4.98 Å². The zero-order valence-electron chi connectivity index (χ0n) is 12.4. The normalized spacial score (nSPS) is 10.8. The van der Waals surface area contributed by atoms with Gasteiger partial charge in [0.15, 0.2) is 0 Å². The van der Waals surface area contributed by atoms with Gasteiger partial charge >= 0.3 is 0 Å². The summed E-state index contributed by atoms with van der Waals surface area (Å²) < 4.78 is 0. The molecule has 0 aliphatic rings. The predicted octanol–water partition coefficient (Wildman–Crippen LogP) is 4.94. The Morgan fingerprint density at radius 2 is 1.65 bits per heavy atom. The van der Waals surface area contributed by atoms with Crippen molar-refractivity contribution in [1.29, 1.82) is 0 Å². The summed E-state index contributed by atoms with van der Waals surface area (Å²) in [6.07, 6.45) is 2.64. The van der Waals surface area contributed by atoms with Gasteiger partial charge in [0, 0.05) is 22.5 Å². The lowest BCUT2D eigenvalue weighted by atomic mass is 9.99. The van der Waals surface area contributed by atoms with Gasteiger partial charge in [0.1, 0.15) is 12.1 Å². The Balaban J connectivity index is 2.02. The second-order valence-corrected chi connectivity index (χ2v) is 5.41. The summed E-state index contributed by atoms with van der Waals surface area (Å²) in [4.78, 5) is 15.4. The van der Waals surface area contributed by atoms with Crippen molar-refractivity contribution in [2.75, 3.05) is 5.32 Å². The molecule has 23 heavy (non-hydrogen) atoms. The summed E-state index contributed by atoms with van der Waals surface area (Å²) in [6, 6.07) is 21.8. The molecule has 0 aliphatic heterocycles. The van der Waals surface area contributed by atoms with Gasteiger partial charge in [0.2, 0.25) is 0 Å². The summed E-state index contributed by atoms with van der Waals surface area (Å²) in [5, 5.41) is 7.79. The average molecular weight is 298 g/mol. The molecule has 0 spiro atoms. The van der Waals surface area contributed by atoms with E-state index in [1.54, 1.807) is 6.20 Å². The molecule has 0 unspecified atom stereocenters. The molecule has 3 aromatic carbocycles. The first-order chi connectivity index (χ1) is 11.3. The van der Waals surface area contributed by atoms with Crippen molar-refractivity contribution in [2.45, 2.75) is 0 Å². The monoisotopic (exact) mass is 298 g/mol. The first kappa shape index (κ1) is 13.5. The van der Waals surface area contributed by atoms with Crippen LogP contribution in [0.2, 0.25) is 0 Å². The zero-order chi connectivity index (χ0) is 15.6. The number of hydrogen-bond donors (Lipinski definition) is 1. The van der Waals surface area contributed by atoms with E-state index in [0.717, 1.165) is 39.3 Å². The third-order valence-corrected chi connectivity index (χ3v) is 3.94. The molecule has 0 radical (unpaired) electrons. The van der Waals surface area contributed by atoms with E-state index in [2.05, 4.69) is 28.5 Å². The van der Waals surface area contributed by atoms with Gasteiger partial charge in [-0.15, -0.1) is 0 Å². The number of nitrogens with one attached hydrogen (secondary N) is 1. The van der Waals surface area contributed by atoms with Crippen LogP contribution in [0.25, 0.3) is 21.5 Å². The van der Waals surface area contributed by atoms with E-state index in [1.807, 2.05) is 48.5 Å². The fourth-order valence-electron chi connectivity index (χ4n) is 2.86. The molecule has 4 rings (SSSR count). The minimum absolute atomic E-state index is 0.677. The molecule has 1 aromatic heterocycles. The second-order valence-electron chi connectivity index (χ2n) is 5.41. The molecular formula is C20H14N2O. The van der Waals surface area contributed by atoms with Gasteiger partial charge in [-0.2, -0.15) is 0 Å². The van der Waals surface area contributed by atoms with Crippen molar-refractivity contribution >= 4 is 39.3 Å². The van der Waals surface area contributed by atoms with Crippen molar-refractivity contribution in [3.8, 4) is 0 Å². The molecule has 0 bridgehead atoms. The van der Waals surface area contributed by atoms with Crippen LogP contribution in [0.4, 0.5) is 11.5 Å². The molecule has 0 fully saturated rings. The van der Waals surface area contributed by atoms with Crippen LogP contribution in [0.1, 0.15) is 10.4 Å². The summed E-state index contributed by atoms with van der Waals surface area (Å²) in [7, 11) is 0. The Bertz CT molecular complexity index is 1010. The van der Waals surface area contributed by atoms with Crippen LogP contribution in [0.3, 0.4) is 0 Å². The van der Waals surface area contributed by atoms with Gasteiger partial charge < -0.3 is 5.32 Å². The van der Waals surface area contributed by atoms with E-state index in [0.29, 0.717) is 5.56 Å². The topological polar surface area (TPSA) is 42.0 Å². The lowest BCUT2D eigenvalue weighted by Gasteiger charge is -2.13. The molecule has 1 N–H and O–H groups in total. The quantitative estimate of drug-likeness (QED) is 0.430. The third-order valence-electron chi connectivity index (χ3n) is 3.94. The van der Waals surface area contributed by atoms with Crippen LogP contribution in [0.5, 0.6) is 0 Å². The minimum Gasteiger partial charge on any atom is -0.339 e. The van der Waals surface area contributed by atoms with Gasteiger partial charge in [-0.05, 0) is 35.0 Å². The van der Waals surface area contributed by atoms with E-state index < -0.39 is 0 Å². The van der Waals surface area contributed by atoms with E-state index >= 15 is 0 Å². The number of rotatable bonds is 3. The number of fused-ring (bicyclic) bond motifs is 2. The van der Waals surface area contributed by atoms with Crippen LogP contribution in [-0.2, 0) is 0 Å². The molecule has 3 nitrogen and oxygen atoms in total. The smallest absolute Gasteiger partial charge is 0.150 e. The van der Waals surface area contributed by atoms with Crippen LogP contribution in [0.15, 0.2) is 72.9 Å². The summed E-state index contributed by atoms with van der Waals surface area (Å²) in [6.45, 7) is 0. The number of carbonyl (C=O) groups excluding carboxylic acids is 1. The van der Waals surface area contributed by atoms with Crippen molar-refractivity contribution in [3.05, 3.63) is 78.5 Å². The number of hydrogen-bond acceptors (Lipinski definition) is 3. The van der Waals surface area contributed by atoms with E-state index in [-0.39, 0.29) is 0 Å². The first-order valence-corrected chi connectivity index (χ1v) is 7.44. The highest BCUT2D eigenvalue weighted by atomic mass is 16.1. The van der Waals surface area contributed by atoms with Gasteiger partial charge in [0.05, 0.1) is 5.69 Å². The molecule has 0 amide bonds. The Kier molecular flexibility index (Phi) is 3.24. The standard InChI is InChI=1S/C20H14N2O/c23-13-14-8-9-18-16(11-14)12-15-5-1-2-6-17(15)20(18)22-19-7-3-4-10-21-19/h1-13H,(H,21,22). The molecule has 3 heteroatoms. The number of anilines is 2. The first-order valence-electron chi connectivity index (χ1n) is 7.44. The Morgan fingerprint density at radius 1 is 0.826 bits per heavy atom. The highest BCUT2D eigenvalue weighted by Gasteiger charge is 2.09. The molecule has 1 heterocycles. The van der Waals surface area contributed by atoms with E-state index in [1.165, 1.54) is 0 Å². The Labute approximate surface area is 133 Å². The van der Waals surface area contributed by atoms with Gasteiger partial charge in [-0.3, -0.25) is 4.79 Å². The third kappa shape index (κ3) is 2.42. The van der Waals surface area contributed by atoms with E-state index in [9.17, 15) is 4.79 Å². The zero-order valence-corrected chi connectivity index (χ0v) is 12.4. The fourth-order valence-corrected chi connectivity index (χ4v) is 2.86. The van der Waals surface area contributed by atoms with Crippen molar-refractivity contribution in [2.24, 2.45) is 0 Å². The van der Waals surface area contributed by atoms with Gasteiger partial charge in [-0.25, -0.2) is 4.98 Å². The minimum atomic E-state index is 0.677. The number of benzene rings is 3. The highest BCUT2D eigenvalue weighted by molar-refractivity contribution is 6.12. The molecular weight excluding hydrogens is 284 g/mol. The molecule has 0 saturated heterocycles. The average Bonchev–Trinajstić information content (AvgIpc) is 2.62. The maximum atomic E-state index is 11.1. The molecule has 0 aliphatic carbocycles. The number of pyridine rings is 1. The number of aldehydes is 1. The van der Waals surface area contributed by atoms with Crippen LogP contribution in [0, 0.1) is 0 Å². The maximum absolute atomic E-state index is 11.1. The van der Waals surface area contributed by atoms with E-state index in [4.69, 9.17) is 0 Å². The maximum Gasteiger partial charge on any atom is 0.150 e. The number of nitrogens with zero attached hydrogens (tertiary/aromatic N) is 1. The molecule has 110 valence electrons. The van der Waals surface area contributed by atoms with Crippen molar-refractivity contribution < 1.29 is 4.79 Å². The van der Waals surface area contributed by atoms with Crippen LogP contribution < -0.4 is 5.32 Å². The SMILES string of the molecule is O=Cc1ccc2c(Nc3ccccn3)c3ccccc3cc2c1. The lowest BCUT2D eigenvalue weighted by molar-refractivity contribution is 0.112. The predicted molar refractivity (Wildman–Crippen MR) is 94.4 cm³/mol. The highest BCUT2D eigenvalue weighted by Crippen LogP contribution is 2.34. The summed E-state index contributed by atoms with van der Waals surface area (Å²) >= 11 is 0. The molecule has 0 atom stereocenters. The van der Waals surface area contributed by atoms with Gasteiger partial charge in [-0.1, -0.05) is 42.5 Å². The Morgan fingerprint density at radius 3 is 2.48 bits per heavy atom. The summed E-state index contributed by atoms with van der Waals surface area (Å²) in [5.74, 6) is 0.796. The van der Waals surface area contributed by atoms with Crippen LogP contribution in [-0.4, -0.2) is 11.3 Å². The van der Waals surface area contributed by atoms with Crippen molar-refractivity contribution in [3.63, 3.8) is 0 Å². The second kappa shape index (κ2) is 5.54. The fraction of sp³-hybridized carbons (Fsp3) is 0.